The van der Waals surface area contributed by atoms with Crippen LogP contribution in [-0.2, 0) is 0 Å². The SMILES string of the molecule is C=CC(=C)CC(O)CCl. The Hall–Kier alpha value is -0.270. The average Bonchev–Trinajstić information content (AvgIpc) is 1.87. The summed E-state index contributed by atoms with van der Waals surface area (Å²) in [6.45, 7) is 7.12. The first kappa shape index (κ1) is 8.73. The smallest absolute Gasteiger partial charge is 0.0715 e. The van der Waals surface area contributed by atoms with Crippen molar-refractivity contribution in [3.8, 4) is 0 Å². The van der Waals surface area contributed by atoms with Crippen LogP contribution < -0.4 is 0 Å². The van der Waals surface area contributed by atoms with Crippen LogP contribution in [0.2, 0.25) is 0 Å². The van der Waals surface area contributed by atoms with E-state index in [0.29, 0.717) is 6.42 Å². The molecule has 0 aliphatic heterocycles. The Kier molecular flexibility index (Phi) is 4.46. The van der Waals surface area contributed by atoms with Gasteiger partial charge in [-0.2, -0.15) is 0 Å². The molecule has 0 saturated heterocycles. The second-order valence-corrected chi connectivity index (χ2v) is 2.18. The normalized spacial score (nSPS) is 12.7. The molecule has 0 aromatic heterocycles. The molecule has 1 nitrogen and oxygen atoms in total. The number of hydrogen-bond acceptors (Lipinski definition) is 1. The Morgan fingerprint density at radius 3 is 2.67 bits per heavy atom. The van der Waals surface area contributed by atoms with Crippen LogP contribution in [0.4, 0.5) is 0 Å². The minimum Gasteiger partial charge on any atom is -0.392 e. The van der Waals surface area contributed by atoms with E-state index in [0.717, 1.165) is 5.57 Å². The molecule has 0 heterocycles. The third-order valence-electron chi connectivity index (χ3n) is 0.965. The van der Waals surface area contributed by atoms with Gasteiger partial charge in [0.25, 0.3) is 0 Å². The molecular weight excluding hydrogens is 136 g/mol. The third-order valence-corrected chi connectivity index (χ3v) is 1.32. The van der Waals surface area contributed by atoms with E-state index in [1.807, 2.05) is 0 Å². The number of rotatable bonds is 4. The van der Waals surface area contributed by atoms with E-state index in [9.17, 15) is 0 Å². The zero-order chi connectivity index (χ0) is 7.28. The molecule has 0 rings (SSSR count). The van der Waals surface area contributed by atoms with Crippen LogP contribution in [-0.4, -0.2) is 17.1 Å². The monoisotopic (exact) mass is 146 g/mol. The van der Waals surface area contributed by atoms with Crippen LogP contribution in [0, 0.1) is 0 Å². The fraction of sp³-hybridized carbons (Fsp3) is 0.429. The lowest BCUT2D eigenvalue weighted by Crippen LogP contribution is -2.07. The van der Waals surface area contributed by atoms with Crippen molar-refractivity contribution >= 4 is 11.6 Å². The number of aliphatic hydroxyl groups is 1. The van der Waals surface area contributed by atoms with Crippen LogP contribution in [0.3, 0.4) is 0 Å². The Bertz CT molecular complexity index is 109. The van der Waals surface area contributed by atoms with E-state index in [1.165, 1.54) is 0 Å². The summed E-state index contributed by atoms with van der Waals surface area (Å²) < 4.78 is 0. The zero-order valence-corrected chi connectivity index (χ0v) is 6.06. The molecule has 1 N–H and O–H groups in total. The number of alkyl halides is 1. The van der Waals surface area contributed by atoms with Crippen LogP contribution in [0.1, 0.15) is 6.42 Å². The highest BCUT2D eigenvalue weighted by molar-refractivity contribution is 6.18. The van der Waals surface area contributed by atoms with Gasteiger partial charge in [0.2, 0.25) is 0 Å². The molecule has 0 saturated carbocycles. The minimum atomic E-state index is -0.475. The maximum absolute atomic E-state index is 8.92. The number of allylic oxidation sites excluding steroid dienone is 1. The van der Waals surface area contributed by atoms with Crippen molar-refractivity contribution in [1.82, 2.24) is 0 Å². The molecule has 0 fully saturated rings. The highest BCUT2D eigenvalue weighted by atomic mass is 35.5. The molecule has 0 aromatic carbocycles. The largest absolute Gasteiger partial charge is 0.392 e. The first-order chi connectivity index (χ1) is 4.20. The zero-order valence-electron chi connectivity index (χ0n) is 5.31. The topological polar surface area (TPSA) is 20.2 Å². The molecule has 52 valence electrons. The quantitative estimate of drug-likeness (QED) is 0.473. The van der Waals surface area contributed by atoms with E-state index in [1.54, 1.807) is 6.08 Å². The van der Waals surface area contributed by atoms with Crippen molar-refractivity contribution in [2.45, 2.75) is 12.5 Å². The Labute approximate surface area is 60.6 Å². The molecule has 2 heteroatoms. The van der Waals surface area contributed by atoms with Crippen LogP contribution in [0.25, 0.3) is 0 Å². The van der Waals surface area contributed by atoms with Crippen LogP contribution >= 0.6 is 11.6 Å². The molecule has 0 radical (unpaired) electrons. The van der Waals surface area contributed by atoms with Crippen molar-refractivity contribution in [1.29, 1.82) is 0 Å². The molecule has 0 spiro atoms. The molecule has 0 aliphatic carbocycles. The predicted molar refractivity (Wildman–Crippen MR) is 40.7 cm³/mol. The Morgan fingerprint density at radius 2 is 2.33 bits per heavy atom. The molecule has 0 aromatic rings. The Morgan fingerprint density at radius 1 is 1.78 bits per heavy atom. The van der Waals surface area contributed by atoms with Gasteiger partial charge in [0.15, 0.2) is 0 Å². The van der Waals surface area contributed by atoms with Crippen molar-refractivity contribution in [2.75, 3.05) is 5.88 Å². The van der Waals surface area contributed by atoms with Crippen LogP contribution in [0.5, 0.6) is 0 Å². The van der Waals surface area contributed by atoms with E-state index in [4.69, 9.17) is 16.7 Å². The van der Waals surface area contributed by atoms with Gasteiger partial charge >= 0.3 is 0 Å². The van der Waals surface area contributed by atoms with Crippen LogP contribution in [0.15, 0.2) is 24.8 Å². The lowest BCUT2D eigenvalue weighted by molar-refractivity contribution is 0.199. The van der Waals surface area contributed by atoms with E-state index in [2.05, 4.69) is 13.2 Å². The highest BCUT2D eigenvalue weighted by Crippen LogP contribution is 2.04. The van der Waals surface area contributed by atoms with Gasteiger partial charge in [-0.25, -0.2) is 0 Å². The average molecular weight is 147 g/mol. The van der Waals surface area contributed by atoms with Gasteiger partial charge in [-0.3, -0.25) is 0 Å². The van der Waals surface area contributed by atoms with Gasteiger partial charge in [-0.05, 0) is 6.42 Å². The molecule has 1 atom stereocenters. The van der Waals surface area contributed by atoms with E-state index in [-0.39, 0.29) is 5.88 Å². The second-order valence-electron chi connectivity index (χ2n) is 1.87. The van der Waals surface area contributed by atoms with Gasteiger partial charge in [-0.15, -0.1) is 11.6 Å². The summed E-state index contributed by atoms with van der Waals surface area (Å²) in [5.74, 6) is 0.257. The van der Waals surface area contributed by atoms with Gasteiger partial charge < -0.3 is 5.11 Å². The van der Waals surface area contributed by atoms with Gasteiger partial charge in [0, 0.05) is 5.88 Å². The van der Waals surface area contributed by atoms with Gasteiger partial charge in [-0.1, -0.05) is 24.8 Å². The molecular formula is C7H11ClO. The third kappa shape index (κ3) is 4.25. The fourth-order valence-electron chi connectivity index (χ4n) is 0.441. The predicted octanol–water partition coefficient (Wildman–Crippen LogP) is 1.72. The molecule has 9 heavy (non-hydrogen) atoms. The standard InChI is InChI=1S/C7H11ClO/c1-3-6(2)4-7(9)5-8/h3,7,9H,1-2,4-5H2. The molecule has 0 aliphatic rings. The number of aliphatic hydroxyl groups excluding tert-OH is 1. The summed E-state index contributed by atoms with van der Waals surface area (Å²) in [5.41, 5.74) is 0.822. The summed E-state index contributed by atoms with van der Waals surface area (Å²) in [5, 5.41) is 8.92. The summed E-state index contributed by atoms with van der Waals surface area (Å²) in [4.78, 5) is 0. The molecule has 0 bridgehead atoms. The first-order valence-electron chi connectivity index (χ1n) is 2.75. The minimum absolute atomic E-state index is 0.257. The lowest BCUT2D eigenvalue weighted by atomic mass is 10.1. The van der Waals surface area contributed by atoms with Gasteiger partial charge in [0.05, 0.1) is 6.10 Å². The second kappa shape index (κ2) is 4.59. The number of hydrogen-bond donors (Lipinski definition) is 1. The highest BCUT2D eigenvalue weighted by Gasteiger charge is 2.00. The first-order valence-corrected chi connectivity index (χ1v) is 3.28. The van der Waals surface area contributed by atoms with Gasteiger partial charge in [0.1, 0.15) is 0 Å². The number of halogens is 1. The van der Waals surface area contributed by atoms with E-state index >= 15 is 0 Å². The molecule has 0 amide bonds. The lowest BCUT2D eigenvalue weighted by Gasteiger charge is -2.04. The molecule has 1 unspecified atom stereocenters. The van der Waals surface area contributed by atoms with E-state index < -0.39 is 6.10 Å². The summed E-state index contributed by atoms with van der Waals surface area (Å²) in [6.07, 6.45) is 1.67. The summed E-state index contributed by atoms with van der Waals surface area (Å²) in [6, 6.07) is 0. The maximum atomic E-state index is 8.92. The fourth-order valence-corrected chi connectivity index (χ4v) is 0.550. The Balaban J connectivity index is 3.46. The van der Waals surface area contributed by atoms with Crippen molar-refractivity contribution in [3.63, 3.8) is 0 Å². The summed E-state index contributed by atoms with van der Waals surface area (Å²) in [7, 11) is 0. The maximum Gasteiger partial charge on any atom is 0.0715 e. The van der Waals surface area contributed by atoms with Crippen molar-refractivity contribution < 1.29 is 5.11 Å². The summed E-state index contributed by atoms with van der Waals surface area (Å²) >= 11 is 5.33. The van der Waals surface area contributed by atoms with Crippen molar-refractivity contribution in [2.24, 2.45) is 0 Å². The van der Waals surface area contributed by atoms with Crippen molar-refractivity contribution in [3.05, 3.63) is 24.8 Å².